The second kappa shape index (κ2) is 9.01. The van der Waals surface area contributed by atoms with E-state index in [1.165, 1.54) is 53.1 Å². The zero-order valence-electron chi connectivity index (χ0n) is 17.7. The highest BCUT2D eigenvalue weighted by Gasteiger charge is 2.40. The lowest BCUT2D eigenvalue weighted by atomic mass is 9.99. The van der Waals surface area contributed by atoms with Gasteiger partial charge in [0.25, 0.3) is 0 Å². The number of nitrogens with zero attached hydrogens (tertiary/aromatic N) is 2. The molecular formula is C22H19F3N2O5S2. The van der Waals surface area contributed by atoms with Crippen molar-refractivity contribution in [3.63, 3.8) is 0 Å². The van der Waals surface area contributed by atoms with E-state index in [4.69, 9.17) is 9.84 Å². The lowest BCUT2D eigenvalue weighted by Crippen LogP contribution is -2.40. The Hall–Kier alpha value is -2.96. The lowest BCUT2D eigenvalue weighted by molar-refractivity contribution is -0.138. The first-order chi connectivity index (χ1) is 16.0. The van der Waals surface area contributed by atoms with Crippen molar-refractivity contribution in [2.45, 2.75) is 30.0 Å². The van der Waals surface area contributed by atoms with Gasteiger partial charge in [0.2, 0.25) is 10.0 Å². The summed E-state index contributed by atoms with van der Waals surface area (Å²) in [5, 5.41) is 9.11. The number of fused-ring (bicyclic) bond motifs is 1. The predicted molar refractivity (Wildman–Crippen MR) is 117 cm³/mol. The molecular weight excluding hydrogens is 493 g/mol. The molecule has 0 bridgehead atoms. The van der Waals surface area contributed by atoms with Crippen LogP contribution in [0.5, 0.6) is 5.75 Å². The quantitative estimate of drug-likeness (QED) is 0.534. The monoisotopic (exact) mass is 512 g/mol. The van der Waals surface area contributed by atoms with E-state index < -0.39 is 33.8 Å². The van der Waals surface area contributed by atoms with Crippen LogP contribution >= 0.6 is 11.3 Å². The number of halogens is 3. The Morgan fingerprint density at radius 3 is 2.56 bits per heavy atom. The molecule has 0 saturated carbocycles. The summed E-state index contributed by atoms with van der Waals surface area (Å²) in [4.78, 5) is 15.8. The molecule has 34 heavy (non-hydrogen) atoms. The molecule has 1 atom stereocenters. The van der Waals surface area contributed by atoms with E-state index in [0.717, 1.165) is 12.1 Å². The van der Waals surface area contributed by atoms with E-state index in [2.05, 4.69) is 4.98 Å². The smallest absolute Gasteiger partial charge is 0.416 e. The minimum absolute atomic E-state index is 0.0374. The summed E-state index contributed by atoms with van der Waals surface area (Å²) in [6.07, 6.45) is -4.58. The van der Waals surface area contributed by atoms with Crippen molar-refractivity contribution in [3.8, 4) is 5.75 Å². The SMILES string of the molecule is COc1ccc(CC(=O)O)cc1S(=O)(=O)N1CCc2ncsc2C1c1ccc(C(F)(F)F)cc1. The molecule has 0 saturated heterocycles. The van der Waals surface area contributed by atoms with Crippen LogP contribution in [0.1, 0.15) is 33.3 Å². The molecule has 0 aliphatic carbocycles. The number of carboxylic acid groups (broad SMARTS) is 1. The number of carboxylic acids is 1. The van der Waals surface area contributed by atoms with Crippen molar-refractivity contribution in [2.75, 3.05) is 13.7 Å². The normalized spacial score (nSPS) is 16.8. The average molecular weight is 513 g/mol. The molecule has 2 aromatic carbocycles. The summed E-state index contributed by atoms with van der Waals surface area (Å²) >= 11 is 1.23. The van der Waals surface area contributed by atoms with E-state index in [9.17, 15) is 26.4 Å². The summed E-state index contributed by atoms with van der Waals surface area (Å²) in [6, 6.07) is 7.60. The Morgan fingerprint density at radius 1 is 1.24 bits per heavy atom. The Morgan fingerprint density at radius 2 is 1.94 bits per heavy atom. The third-order valence-electron chi connectivity index (χ3n) is 5.50. The summed E-state index contributed by atoms with van der Waals surface area (Å²) in [5.74, 6) is -1.08. The Kier molecular flexibility index (Phi) is 6.40. The molecule has 12 heteroatoms. The molecule has 0 amide bonds. The number of sulfonamides is 1. The van der Waals surface area contributed by atoms with E-state index in [1.807, 2.05) is 0 Å². The molecule has 1 N–H and O–H groups in total. The molecule has 1 aliphatic heterocycles. The fourth-order valence-electron chi connectivity index (χ4n) is 3.93. The first kappa shape index (κ1) is 24.2. The van der Waals surface area contributed by atoms with Crippen LogP contribution in [-0.2, 0) is 33.8 Å². The van der Waals surface area contributed by atoms with Crippen molar-refractivity contribution in [2.24, 2.45) is 0 Å². The van der Waals surface area contributed by atoms with Crippen molar-refractivity contribution in [3.05, 3.63) is 75.2 Å². The highest BCUT2D eigenvalue weighted by molar-refractivity contribution is 7.89. The number of carbonyl (C=O) groups is 1. The maximum Gasteiger partial charge on any atom is 0.416 e. The Bertz CT molecular complexity index is 1320. The molecule has 0 radical (unpaired) electrons. The van der Waals surface area contributed by atoms with Crippen molar-refractivity contribution < 1.29 is 36.2 Å². The second-order valence-electron chi connectivity index (χ2n) is 7.61. The van der Waals surface area contributed by atoms with E-state index in [1.54, 1.807) is 5.51 Å². The average Bonchev–Trinajstić information content (AvgIpc) is 3.26. The van der Waals surface area contributed by atoms with E-state index in [-0.39, 0.29) is 29.2 Å². The molecule has 1 unspecified atom stereocenters. The van der Waals surface area contributed by atoms with Crippen molar-refractivity contribution in [1.82, 2.24) is 9.29 Å². The predicted octanol–water partition coefficient (Wildman–Crippen LogP) is 4.13. The highest BCUT2D eigenvalue weighted by atomic mass is 32.2. The number of rotatable bonds is 6. The van der Waals surface area contributed by atoms with E-state index >= 15 is 0 Å². The number of thiazole rings is 1. The van der Waals surface area contributed by atoms with Crippen LogP contribution in [0.4, 0.5) is 13.2 Å². The molecule has 0 fully saturated rings. The van der Waals surface area contributed by atoms with Gasteiger partial charge >= 0.3 is 12.1 Å². The molecule has 1 aromatic heterocycles. The molecule has 3 aromatic rings. The van der Waals surface area contributed by atoms with Gasteiger partial charge in [-0.25, -0.2) is 13.4 Å². The largest absolute Gasteiger partial charge is 0.495 e. The highest BCUT2D eigenvalue weighted by Crippen LogP contribution is 2.42. The second-order valence-corrected chi connectivity index (χ2v) is 10.4. The molecule has 7 nitrogen and oxygen atoms in total. The zero-order chi connectivity index (χ0) is 24.7. The van der Waals surface area contributed by atoms with Gasteiger partial charge in [0, 0.05) is 13.0 Å². The number of methoxy groups -OCH3 is 1. The fraction of sp³-hybridized carbons (Fsp3) is 0.273. The minimum atomic E-state index is -4.52. The summed E-state index contributed by atoms with van der Waals surface area (Å²) < 4.78 is 73.4. The first-order valence-electron chi connectivity index (χ1n) is 10.0. The van der Waals surface area contributed by atoms with Gasteiger partial charge in [-0.3, -0.25) is 4.79 Å². The Labute approximate surface area is 197 Å². The van der Waals surface area contributed by atoms with Crippen LogP contribution in [-0.4, -0.2) is 42.4 Å². The van der Waals surface area contributed by atoms with Gasteiger partial charge in [-0.1, -0.05) is 18.2 Å². The van der Waals surface area contributed by atoms with Gasteiger partial charge in [0.05, 0.1) is 41.2 Å². The van der Waals surface area contributed by atoms with Gasteiger partial charge in [0.15, 0.2) is 0 Å². The number of benzene rings is 2. The number of hydrogen-bond acceptors (Lipinski definition) is 6. The van der Waals surface area contributed by atoms with Crippen LogP contribution in [0.2, 0.25) is 0 Å². The van der Waals surface area contributed by atoms with Crippen LogP contribution in [0.15, 0.2) is 52.9 Å². The summed E-state index contributed by atoms with van der Waals surface area (Å²) in [6.45, 7) is 0.0388. The number of aromatic nitrogens is 1. The van der Waals surface area contributed by atoms with Crippen LogP contribution in [0.25, 0.3) is 0 Å². The number of hydrogen-bond donors (Lipinski definition) is 1. The zero-order valence-corrected chi connectivity index (χ0v) is 19.4. The van der Waals surface area contributed by atoms with Crippen LogP contribution in [0, 0.1) is 0 Å². The topological polar surface area (TPSA) is 96.8 Å². The molecule has 1 aliphatic rings. The van der Waals surface area contributed by atoms with Crippen LogP contribution in [0.3, 0.4) is 0 Å². The maximum absolute atomic E-state index is 13.8. The van der Waals surface area contributed by atoms with Crippen molar-refractivity contribution >= 4 is 27.3 Å². The van der Waals surface area contributed by atoms with E-state index in [0.29, 0.717) is 22.6 Å². The number of ether oxygens (including phenoxy) is 1. The van der Waals surface area contributed by atoms with Gasteiger partial charge in [-0.2, -0.15) is 17.5 Å². The van der Waals surface area contributed by atoms with Crippen molar-refractivity contribution in [1.29, 1.82) is 0 Å². The maximum atomic E-state index is 13.8. The molecule has 0 spiro atoms. The molecule has 2 heterocycles. The fourth-order valence-corrected chi connectivity index (χ4v) is 6.77. The minimum Gasteiger partial charge on any atom is -0.495 e. The van der Waals surface area contributed by atoms with Gasteiger partial charge in [-0.05, 0) is 35.4 Å². The first-order valence-corrected chi connectivity index (χ1v) is 12.3. The van der Waals surface area contributed by atoms with Gasteiger partial charge in [-0.15, -0.1) is 11.3 Å². The number of alkyl halides is 3. The van der Waals surface area contributed by atoms with Gasteiger partial charge < -0.3 is 9.84 Å². The summed E-state index contributed by atoms with van der Waals surface area (Å²) in [7, 11) is -2.95. The Balaban J connectivity index is 1.83. The lowest BCUT2D eigenvalue weighted by Gasteiger charge is -2.34. The standard InChI is InChI=1S/C22H19F3N2O5S2/c1-32-17-7-2-13(11-19(28)29)10-18(17)34(30,31)27-9-8-16-21(33-12-26-16)20(27)14-3-5-15(6-4-14)22(23,24)25/h2-7,10,12,20H,8-9,11H2,1H3,(H,28,29). The van der Waals surface area contributed by atoms with Crippen LogP contribution < -0.4 is 4.74 Å². The van der Waals surface area contributed by atoms with Gasteiger partial charge in [0.1, 0.15) is 10.6 Å². The third kappa shape index (κ3) is 4.52. The molecule has 180 valence electrons. The molecule has 4 rings (SSSR count). The number of aliphatic carboxylic acids is 1. The summed E-state index contributed by atoms with van der Waals surface area (Å²) in [5.41, 5.74) is 2.06. The third-order valence-corrected chi connectivity index (χ3v) is 8.31.